The normalized spacial score (nSPS) is 22.0. The van der Waals surface area contributed by atoms with E-state index in [1.54, 1.807) is 0 Å². The van der Waals surface area contributed by atoms with Gasteiger partial charge in [0.2, 0.25) is 5.13 Å². The fourth-order valence-electron chi connectivity index (χ4n) is 1.83. The number of hydrogen-bond acceptors (Lipinski definition) is 5. The molecule has 1 aromatic rings. The van der Waals surface area contributed by atoms with Gasteiger partial charge in [-0.25, -0.2) is 4.98 Å². The van der Waals surface area contributed by atoms with Crippen LogP contribution in [0.5, 0.6) is 0 Å². The Balaban J connectivity index is 2.01. The largest absolute Gasteiger partial charge is 0.391 e. The summed E-state index contributed by atoms with van der Waals surface area (Å²) in [5.41, 5.74) is 0. The SMILES string of the molecule is CCCc1nsc(N2CCCC(O)C2)n1. The van der Waals surface area contributed by atoms with Crippen molar-refractivity contribution >= 4 is 16.7 Å². The summed E-state index contributed by atoms with van der Waals surface area (Å²) in [6, 6.07) is 0. The number of β-amino-alcohol motifs (C(OH)–C–C–N with tert-alkyl or cyclic N) is 1. The summed E-state index contributed by atoms with van der Waals surface area (Å²) in [5.74, 6) is 0.942. The van der Waals surface area contributed by atoms with Gasteiger partial charge in [0.25, 0.3) is 0 Å². The monoisotopic (exact) mass is 227 g/mol. The van der Waals surface area contributed by atoms with E-state index in [9.17, 15) is 5.11 Å². The van der Waals surface area contributed by atoms with Crippen LogP contribution in [-0.4, -0.2) is 33.7 Å². The Morgan fingerprint density at radius 2 is 2.47 bits per heavy atom. The molecule has 0 bridgehead atoms. The van der Waals surface area contributed by atoms with Gasteiger partial charge in [-0.2, -0.15) is 4.37 Å². The Kier molecular flexibility index (Phi) is 3.53. The maximum Gasteiger partial charge on any atom is 0.205 e. The van der Waals surface area contributed by atoms with Crippen molar-refractivity contribution in [3.63, 3.8) is 0 Å². The van der Waals surface area contributed by atoms with Crippen molar-refractivity contribution in [2.75, 3.05) is 18.0 Å². The van der Waals surface area contributed by atoms with E-state index in [1.165, 1.54) is 11.5 Å². The summed E-state index contributed by atoms with van der Waals surface area (Å²) in [6.07, 6.45) is 3.80. The molecule has 1 aliphatic heterocycles. The number of aromatic nitrogens is 2. The Labute approximate surface area is 94.1 Å². The molecule has 5 heteroatoms. The lowest BCUT2D eigenvalue weighted by Crippen LogP contribution is -2.38. The van der Waals surface area contributed by atoms with Crippen LogP contribution in [-0.2, 0) is 6.42 Å². The molecule has 1 fully saturated rings. The highest BCUT2D eigenvalue weighted by Crippen LogP contribution is 2.22. The first-order chi connectivity index (χ1) is 7.29. The summed E-state index contributed by atoms with van der Waals surface area (Å²) in [4.78, 5) is 6.62. The Hall–Kier alpha value is -0.680. The number of nitrogens with zero attached hydrogens (tertiary/aromatic N) is 3. The average Bonchev–Trinajstić information content (AvgIpc) is 2.67. The number of anilines is 1. The molecule has 0 aliphatic carbocycles. The molecule has 1 atom stereocenters. The molecule has 1 aromatic heterocycles. The second-order valence-electron chi connectivity index (χ2n) is 3.99. The van der Waals surface area contributed by atoms with Crippen LogP contribution in [0, 0.1) is 0 Å². The third-order valence-corrected chi connectivity index (χ3v) is 3.41. The third kappa shape index (κ3) is 2.66. The van der Waals surface area contributed by atoms with Crippen molar-refractivity contribution in [3.05, 3.63) is 5.82 Å². The molecule has 0 saturated carbocycles. The highest BCUT2D eigenvalue weighted by molar-refractivity contribution is 7.09. The van der Waals surface area contributed by atoms with Crippen molar-refractivity contribution in [1.29, 1.82) is 0 Å². The van der Waals surface area contributed by atoms with Crippen molar-refractivity contribution in [3.8, 4) is 0 Å². The smallest absolute Gasteiger partial charge is 0.205 e. The summed E-state index contributed by atoms with van der Waals surface area (Å²) in [5, 5.41) is 10.5. The van der Waals surface area contributed by atoms with Crippen molar-refractivity contribution in [2.45, 2.75) is 38.7 Å². The van der Waals surface area contributed by atoms with E-state index in [0.717, 1.165) is 43.2 Å². The Bertz CT molecular complexity index is 315. The van der Waals surface area contributed by atoms with Crippen LogP contribution in [0.1, 0.15) is 32.0 Å². The first-order valence-electron chi connectivity index (χ1n) is 5.55. The van der Waals surface area contributed by atoms with E-state index < -0.39 is 0 Å². The van der Waals surface area contributed by atoms with Crippen LogP contribution in [0.4, 0.5) is 5.13 Å². The lowest BCUT2D eigenvalue weighted by atomic mass is 10.1. The number of hydrogen-bond donors (Lipinski definition) is 1. The van der Waals surface area contributed by atoms with E-state index in [0.29, 0.717) is 6.54 Å². The lowest BCUT2D eigenvalue weighted by molar-refractivity contribution is 0.154. The molecule has 0 radical (unpaired) electrons. The van der Waals surface area contributed by atoms with Crippen molar-refractivity contribution < 1.29 is 5.11 Å². The average molecular weight is 227 g/mol. The van der Waals surface area contributed by atoms with Gasteiger partial charge in [-0.05, 0) is 19.3 Å². The minimum atomic E-state index is -0.197. The second-order valence-corrected chi connectivity index (χ2v) is 4.72. The molecule has 1 unspecified atom stereocenters. The molecule has 1 N–H and O–H groups in total. The van der Waals surface area contributed by atoms with Gasteiger partial charge in [-0.15, -0.1) is 0 Å². The van der Waals surface area contributed by atoms with Crippen LogP contribution in [0.15, 0.2) is 0 Å². The second kappa shape index (κ2) is 4.90. The predicted molar refractivity (Wildman–Crippen MR) is 61.4 cm³/mol. The standard InChI is InChI=1S/C10H17N3OS/c1-2-4-9-11-10(15-12-9)13-6-3-5-8(14)7-13/h8,14H,2-7H2,1H3. The molecule has 0 aromatic carbocycles. The first kappa shape index (κ1) is 10.8. The first-order valence-corrected chi connectivity index (χ1v) is 6.32. The van der Waals surface area contributed by atoms with Gasteiger partial charge in [0.15, 0.2) is 0 Å². The fraction of sp³-hybridized carbons (Fsp3) is 0.800. The molecule has 2 heterocycles. The van der Waals surface area contributed by atoms with E-state index in [4.69, 9.17) is 0 Å². The fourth-order valence-corrected chi connectivity index (χ4v) is 2.57. The highest BCUT2D eigenvalue weighted by atomic mass is 32.1. The van der Waals surface area contributed by atoms with E-state index in [2.05, 4.69) is 21.2 Å². The minimum absolute atomic E-state index is 0.197. The molecule has 4 nitrogen and oxygen atoms in total. The Morgan fingerprint density at radius 3 is 3.20 bits per heavy atom. The summed E-state index contributed by atoms with van der Waals surface area (Å²) < 4.78 is 4.31. The highest BCUT2D eigenvalue weighted by Gasteiger charge is 2.20. The van der Waals surface area contributed by atoms with Gasteiger partial charge in [0.05, 0.1) is 6.10 Å². The molecule has 1 aliphatic rings. The van der Waals surface area contributed by atoms with Gasteiger partial charge < -0.3 is 10.0 Å². The molecular formula is C10H17N3OS. The molecule has 0 spiro atoms. The van der Waals surface area contributed by atoms with Crippen LogP contribution < -0.4 is 4.90 Å². The maximum absolute atomic E-state index is 9.57. The van der Waals surface area contributed by atoms with Crippen molar-refractivity contribution in [2.24, 2.45) is 0 Å². The Morgan fingerprint density at radius 1 is 1.60 bits per heavy atom. The zero-order chi connectivity index (χ0) is 10.7. The number of aryl methyl sites for hydroxylation is 1. The van der Waals surface area contributed by atoms with Gasteiger partial charge in [0, 0.05) is 31.0 Å². The minimum Gasteiger partial charge on any atom is -0.391 e. The molecule has 1 saturated heterocycles. The van der Waals surface area contributed by atoms with Gasteiger partial charge in [-0.3, -0.25) is 0 Å². The number of aliphatic hydroxyl groups is 1. The number of piperidine rings is 1. The molecular weight excluding hydrogens is 210 g/mol. The summed E-state index contributed by atoms with van der Waals surface area (Å²) in [6.45, 7) is 3.84. The van der Waals surface area contributed by atoms with Crippen LogP contribution in [0.2, 0.25) is 0 Å². The van der Waals surface area contributed by atoms with Crippen LogP contribution in [0.3, 0.4) is 0 Å². The van der Waals surface area contributed by atoms with Gasteiger partial charge in [-0.1, -0.05) is 6.92 Å². The number of rotatable bonds is 3. The molecule has 84 valence electrons. The summed E-state index contributed by atoms with van der Waals surface area (Å²) >= 11 is 1.45. The predicted octanol–water partition coefficient (Wildman–Crippen LogP) is 1.45. The van der Waals surface area contributed by atoms with Crippen LogP contribution in [0.25, 0.3) is 0 Å². The molecule has 0 amide bonds. The van der Waals surface area contributed by atoms with Crippen LogP contribution >= 0.6 is 11.5 Å². The van der Waals surface area contributed by atoms with E-state index in [-0.39, 0.29) is 6.10 Å². The lowest BCUT2D eigenvalue weighted by Gasteiger charge is -2.29. The van der Waals surface area contributed by atoms with Crippen molar-refractivity contribution in [1.82, 2.24) is 9.36 Å². The quantitative estimate of drug-likeness (QED) is 0.849. The zero-order valence-electron chi connectivity index (χ0n) is 9.02. The maximum atomic E-state index is 9.57. The third-order valence-electron chi connectivity index (χ3n) is 2.60. The van der Waals surface area contributed by atoms with E-state index in [1.807, 2.05) is 0 Å². The molecule has 2 rings (SSSR count). The van der Waals surface area contributed by atoms with E-state index >= 15 is 0 Å². The molecule has 15 heavy (non-hydrogen) atoms. The summed E-state index contributed by atoms with van der Waals surface area (Å²) in [7, 11) is 0. The van der Waals surface area contributed by atoms with Gasteiger partial charge >= 0.3 is 0 Å². The number of aliphatic hydroxyl groups excluding tert-OH is 1. The zero-order valence-corrected chi connectivity index (χ0v) is 9.83. The van der Waals surface area contributed by atoms with Gasteiger partial charge in [0.1, 0.15) is 5.82 Å². The topological polar surface area (TPSA) is 49.2 Å².